The predicted molar refractivity (Wildman–Crippen MR) is 386 cm³/mol. The minimum Gasteiger partial charge on any atom is -0.462 e. The van der Waals surface area contributed by atoms with E-state index in [0.29, 0.717) is 25.7 Å². The van der Waals surface area contributed by atoms with Crippen molar-refractivity contribution < 1.29 is 80.2 Å². The zero-order valence-electron chi connectivity index (χ0n) is 62.0. The van der Waals surface area contributed by atoms with Gasteiger partial charge in [-0.2, -0.15) is 0 Å². The highest BCUT2D eigenvalue weighted by Crippen LogP contribution is 2.45. The van der Waals surface area contributed by atoms with Crippen molar-refractivity contribution in [3.05, 3.63) is 0 Å². The molecule has 0 aliphatic heterocycles. The maximum Gasteiger partial charge on any atom is 0.472 e. The molecule has 17 nitrogen and oxygen atoms in total. The standard InChI is InChI=1S/C76H148O17P2/c1-7-11-13-15-17-18-19-20-28-31-34-41-47-53-59-74(79)87-65-72(92-75(80)60-54-48-42-35-32-29-26-24-22-21-23-25-27-30-33-39-44-50-56-68(5)9-3)67-91-95(84,85)89-63-70(77)62-88-94(82,83)90-66-71(64-86-73(78)58-52-46-38-16-14-12-8-2)93-76(81)61-55-49-43-37-36-40-45-51-57-69(6)10-4/h68-72,77H,7-67H2,1-6H3,(H,82,83)(H,84,85)/t68?,69?,70-,71+,72+/m0/s1. The molecule has 564 valence electrons. The highest BCUT2D eigenvalue weighted by Gasteiger charge is 2.30. The molecule has 0 rings (SSSR count). The molecule has 0 aromatic rings. The molecular formula is C76H148O17P2. The van der Waals surface area contributed by atoms with Crippen molar-refractivity contribution >= 4 is 39.5 Å². The summed E-state index contributed by atoms with van der Waals surface area (Å²) in [7, 11) is -9.90. The molecule has 0 bridgehead atoms. The van der Waals surface area contributed by atoms with Gasteiger partial charge in [-0.05, 0) is 37.5 Å². The second kappa shape index (κ2) is 67.9. The summed E-state index contributed by atoms with van der Waals surface area (Å²) in [6.07, 6.45) is 55.6. The van der Waals surface area contributed by atoms with Crippen molar-refractivity contribution in [2.75, 3.05) is 39.6 Å². The van der Waals surface area contributed by atoms with Gasteiger partial charge in [0.1, 0.15) is 19.3 Å². The molecule has 0 aromatic heterocycles. The first kappa shape index (κ1) is 93.1. The van der Waals surface area contributed by atoms with Crippen LogP contribution in [-0.4, -0.2) is 96.7 Å². The van der Waals surface area contributed by atoms with Crippen LogP contribution in [0.2, 0.25) is 0 Å². The van der Waals surface area contributed by atoms with Crippen molar-refractivity contribution in [1.82, 2.24) is 0 Å². The minimum atomic E-state index is -4.96. The molecule has 0 fully saturated rings. The zero-order valence-corrected chi connectivity index (χ0v) is 63.8. The van der Waals surface area contributed by atoms with Crippen molar-refractivity contribution in [2.45, 2.75) is 413 Å². The Morgan fingerprint density at radius 1 is 0.295 bits per heavy atom. The largest absolute Gasteiger partial charge is 0.472 e. The summed E-state index contributed by atoms with van der Waals surface area (Å²) in [5.41, 5.74) is 0. The van der Waals surface area contributed by atoms with Gasteiger partial charge in [-0.1, -0.05) is 343 Å². The Morgan fingerprint density at radius 3 is 0.747 bits per heavy atom. The van der Waals surface area contributed by atoms with Crippen LogP contribution in [0.3, 0.4) is 0 Å². The average Bonchev–Trinajstić information content (AvgIpc) is 2.43. The van der Waals surface area contributed by atoms with Crippen LogP contribution in [0.15, 0.2) is 0 Å². The number of hydrogen-bond acceptors (Lipinski definition) is 15. The minimum absolute atomic E-state index is 0.105. The number of esters is 4. The molecular weight excluding hydrogens is 1250 g/mol. The fourth-order valence-corrected chi connectivity index (χ4v) is 13.2. The highest BCUT2D eigenvalue weighted by molar-refractivity contribution is 7.47. The third-order valence-corrected chi connectivity index (χ3v) is 20.3. The summed E-state index contributed by atoms with van der Waals surface area (Å²) in [5, 5.41) is 10.6. The molecule has 0 amide bonds. The predicted octanol–water partition coefficient (Wildman–Crippen LogP) is 22.3. The monoisotopic (exact) mass is 1400 g/mol. The Kier molecular flexibility index (Phi) is 66.5. The Balaban J connectivity index is 5.16. The maximum absolute atomic E-state index is 13.1. The molecule has 3 N–H and O–H groups in total. The summed E-state index contributed by atoms with van der Waals surface area (Å²) in [6, 6.07) is 0. The van der Waals surface area contributed by atoms with E-state index in [4.69, 9.17) is 37.0 Å². The number of unbranched alkanes of at least 4 members (excludes halogenated alkanes) is 43. The Morgan fingerprint density at radius 2 is 0.505 bits per heavy atom. The number of hydrogen-bond donors (Lipinski definition) is 3. The number of carbonyl (C=O) groups excluding carboxylic acids is 4. The molecule has 95 heavy (non-hydrogen) atoms. The first-order valence-electron chi connectivity index (χ1n) is 39.6. The van der Waals surface area contributed by atoms with E-state index in [-0.39, 0.29) is 25.7 Å². The van der Waals surface area contributed by atoms with Gasteiger partial charge < -0.3 is 33.8 Å². The van der Waals surface area contributed by atoms with Crippen LogP contribution in [-0.2, 0) is 65.4 Å². The van der Waals surface area contributed by atoms with E-state index in [1.165, 1.54) is 199 Å². The lowest BCUT2D eigenvalue weighted by molar-refractivity contribution is -0.161. The lowest BCUT2D eigenvalue weighted by Gasteiger charge is -2.21. The van der Waals surface area contributed by atoms with Crippen molar-refractivity contribution in [3.8, 4) is 0 Å². The summed E-state index contributed by atoms with van der Waals surface area (Å²) in [4.78, 5) is 72.6. The molecule has 0 aliphatic rings. The van der Waals surface area contributed by atoms with Gasteiger partial charge in [0, 0.05) is 25.7 Å². The molecule has 0 spiro atoms. The van der Waals surface area contributed by atoms with Crippen LogP contribution in [0.1, 0.15) is 395 Å². The van der Waals surface area contributed by atoms with Gasteiger partial charge in [-0.25, -0.2) is 9.13 Å². The van der Waals surface area contributed by atoms with E-state index >= 15 is 0 Å². The summed E-state index contributed by atoms with van der Waals surface area (Å²) in [5.74, 6) is -0.480. The van der Waals surface area contributed by atoms with Gasteiger partial charge in [0.25, 0.3) is 0 Å². The number of phosphoric acid groups is 2. The van der Waals surface area contributed by atoms with Crippen molar-refractivity contribution in [1.29, 1.82) is 0 Å². The molecule has 0 aliphatic carbocycles. The van der Waals surface area contributed by atoms with Crippen LogP contribution in [0, 0.1) is 11.8 Å². The highest BCUT2D eigenvalue weighted by atomic mass is 31.2. The van der Waals surface area contributed by atoms with Gasteiger partial charge in [-0.3, -0.25) is 37.3 Å². The molecule has 0 heterocycles. The SMILES string of the molecule is CCCCCCCCCCCCCCCCC(=O)OC[C@H](COP(=O)(O)OC[C@@H](O)COP(=O)(O)OC[C@@H](COC(=O)CCCCCCCCC)OC(=O)CCCCCCCCCCC(C)CC)OC(=O)CCCCCCCCCCCCCCCCCCCCC(C)CC. The van der Waals surface area contributed by atoms with Crippen LogP contribution >= 0.6 is 15.6 Å². The second-order valence-electron chi connectivity index (χ2n) is 27.9. The molecule has 0 saturated heterocycles. The zero-order chi connectivity index (χ0) is 70.0. The van der Waals surface area contributed by atoms with Crippen LogP contribution in [0.5, 0.6) is 0 Å². The van der Waals surface area contributed by atoms with Gasteiger partial charge in [0.05, 0.1) is 26.4 Å². The molecule has 0 radical (unpaired) electrons. The Hall–Kier alpha value is -1.94. The van der Waals surface area contributed by atoms with Crippen molar-refractivity contribution in [2.24, 2.45) is 11.8 Å². The molecule has 0 aromatic carbocycles. The average molecular weight is 1400 g/mol. The molecule has 4 unspecified atom stereocenters. The first-order chi connectivity index (χ1) is 45.9. The van der Waals surface area contributed by atoms with Gasteiger partial charge in [0.2, 0.25) is 0 Å². The van der Waals surface area contributed by atoms with E-state index in [2.05, 4.69) is 41.5 Å². The van der Waals surface area contributed by atoms with Gasteiger partial charge in [0.15, 0.2) is 12.2 Å². The lowest BCUT2D eigenvalue weighted by Crippen LogP contribution is -2.30. The third-order valence-electron chi connectivity index (χ3n) is 18.4. The molecule has 19 heteroatoms. The van der Waals surface area contributed by atoms with E-state index in [9.17, 15) is 43.2 Å². The smallest absolute Gasteiger partial charge is 0.462 e. The summed E-state index contributed by atoms with van der Waals surface area (Å²) >= 11 is 0. The first-order valence-corrected chi connectivity index (χ1v) is 42.6. The fraction of sp³-hybridized carbons (Fsp3) is 0.947. The summed E-state index contributed by atoms with van der Waals surface area (Å²) < 4.78 is 68.4. The van der Waals surface area contributed by atoms with Crippen LogP contribution in [0.25, 0.3) is 0 Å². The maximum atomic E-state index is 13.1. The fourth-order valence-electron chi connectivity index (χ4n) is 11.6. The van der Waals surface area contributed by atoms with Gasteiger partial charge in [-0.15, -0.1) is 0 Å². The normalized spacial score (nSPS) is 14.6. The van der Waals surface area contributed by atoms with E-state index in [1.54, 1.807) is 0 Å². The van der Waals surface area contributed by atoms with E-state index in [0.717, 1.165) is 115 Å². The van der Waals surface area contributed by atoms with Crippen molar-refractivity contribution in [3.63, 3.8) is 0 Å². The quantitative estimate of drug-likeness (QED) is 0.0222. The molecule has 0 saturated carbocycles. The number of phosphoric ester groups is 2. The van der Waals surface area contributed by atoms with Crippen LogP contribution in [0.4, 0.5) is 0 Å². The van der Waals surface area contributed by atoms with Crippen LogP contribution < -0.4 is 0 Å². The number of rotatable bonds is 75. The van der Waals surface area contributed by atoms with E-state index in [1.807, 2.05) is 0 Å². The third kappa shape index (κ3) is 67.6. The second-order valence-corrected chi connectivity index (χ2v) is 30.8. The number of aliphatic hydroxyl groups excluding tert-OH is 1. The lowest BCUT2D eigenvalue weighted by atomic mass is 9.99. The number of aliphatic hydroxyl groups is 1. The Labute approximate surface area is 581 Å². The molecule has 7 atom stereocenters. The number of carbonyl (C=O) groups is 4. The number of ether oxygens (including phenoxy) is 4. The topological polar surface area (TPSA) is 237 Å². The Bertz CT molecular complexity index is 1840. The summed E-state index contributed by atoms with van der Waals surface area (Å²) in [6.45, 7) is 9.61. The van der Waals surface area contributed by atoms with E-state index < -0.39 is 97.5 Å². The van der Waals surface area contributed by atoms with Gasteiger partial charge >= 0.3 is 39.5 Å².